The minimum Gasteiger partial charge on any atom is -0.392 e. The van der Waals surface area contributed by atoms with E-state index in [9.17, 15) is 18.0 Å². The summed E-state index contributed by atoms with van der Waals surface area (Å²) in [4.78, 5) is 13.3. The first-order valence-corrected chi connectivity index (χ1v) is 7.41. The number of urea groups is 1. The number of aliphatic hydroxyl groups is 1. The van der Waals surface area contributed by atoms with Crippen LogP contribution in [0.2, 0.25) is 0 Å². The quantitative estimate of drug-likeness (QED) is 0.790. The van der Waals surface area contributed by atoms with Gasteiger partial charge in [-0.2, -0.15) is 13.2 Å². The van der Waals surface area contributed by atoms with Crippen LogP contribution in [0.1, 0.15) is 18.9 Å². The van der Waals surface area contributed by atoms with Crippen molar-refractivity contribution in [2.24, 2.45) is 0 Å². The molecule has 1 aliphatic heterocycles. The molecule has 1 fully saturated rings. The van der Waals surface area contributed by atoms with Gasteiger partial charge in [-0.3, -0.25) is 0 Å². The van der Waals surface area contributed by atoms with Gasteiger partial charge in [0.2, 0.25) is 0 Å². The molecule has 0 unspecified atom stereocenters. The molecule has 0 aromatic heterocycles. The zero-order valence-electron chi connectivity index (χ0n) is 12.7. The predicted molar refractivity (Wildman–Crippen MR) is 80.3 cm³/mol. The molecule has 5 nitrogen and oxygen atoms in total. The van der Waals surface area contributed by atoms with E-state index in [1.165, 1.54) is 12.1 Å². The Morgan fingerprint density at radius 2 is 2.13 bits per heavy atom. The van der Waals surface area contributed by atoms with Crippen LogP contribution in [0.5, 0.6) is 0 Å². The van der Waals surface area contributed by atoms with Crippen LogP contribution in [-0.4, -0.2) is 42.9 Å². The lowest BCUT2D eigenvalue weighted by Gasteiger charge is -2.23. The molecule has 1 aromatic carbocycles. The maximum atomic E-state index is 13.1. The number of anilines is 1. The van der Waals surface area contributed by atoms with Crippen molar-refractivity contribution < 1.29 is 23.1 Å². The van der Waals surface area contributed by atoms with E-state index >= 15 is 0 Å². The first kappa shape index (κ1) is 17.4. The lowest BCUT2D eigenvalue weighted by molar-refractivity contribution is -0.137. The maximum absolute atomic E-state index is 13.1. The van der Waals surface area contributed by atoms with Gasteiger partial charge in [0.05, 0.1) is 11.7 Å². The van der Waals surface area contributed by atoms with Crippen molar-refractivity contribution in [2.45, 2.75) is 31.7 Å². The Morgan fingerprint density at radius 3 is 2.78 bits per heavy atom. The topological polar surface area (TPSA) is 64.6 Å². The Kier molecular flexibility index (Phi) is 5.35. The number of nitrogens with one attached hydrogen (secondary N) is 2. The first-order chi connectivity index (χ1) is 10.8. The summed E-state index contributed by atoms with van der Waals surface area (Å²) in [6, 6.07) is 4.78. The van der Waals surface area contributed by atoms with Crippen LogP contribution in [0.15, 0.2) is 24.3 Å². The number of aliphatic hydroxyl groups excluding tert-OH is 1. The molecule has 0 saturated carbocycles. The smallest absolute Gasteiger partial charge is 0.392 e. The number of carbonyl (C=O) groups is 1. The van der Waals surface area contributed by atoms with Gasteiger partial charge in [0, 0.05) is 31.4 Å². The fourth-order valence-corrected chi connectivity index (χ4v) is 2.56. The third kappa shape index (κ3) is 4.75. The van der Waals surface area contributed by atoms with E-state index in [-0.39, 0.29) is 18.3 Å². The van der Waals surface area contributed by atoms with E-state index in [0.29, 0.717) is 19.5 Å². The summed E-state index contributed by atoms with van der Waals surface area (Å²) in [5.74, 6) is 0. The number of halogens is 3. The average Bonchev–Trinajstić information content (AvgIpc) is 2.92. The minimum absolute atomic E-state index is 0.124. The molecule has 8 heteroatoms. The van der Waals surface area contributed by atoms with Crippen LogP contribution in [0, 0.1) is 0 Å². The molecule has 1 heterocycles. The van der Waals surface area contributed by atoms with Gasteiger partial charge >= 0.3 is 12.2 Å². The highest BCUT2D eigenvalue weighted by molar-refractivity contribution is 5.74. The van der Waals surface area contributed by atoms with E-state index in [1.54, 1.807) is 17.9 Å². The molecule has 1 aromatic rings. The van der Waals surface area contributed by atoms with Crippen LogP contribution in [0.3, 0.4) is 0 Å². The number of rotatable bonds is 4. The molecule has 2 rings (SSSR count). The summed E-state index contributed by atoms with van der Waals surface area (Å²) >= 11 is 0. The van der Waals surface area contributed by atoms with Crippen molar-refractivity contribution >= 4 is 11.7 Å². The van der Waals surface area contributed by atoms with E-state index in [2.05, 4.69) is 10.6 Å². The molecule has 128 valence electrons. The molecular weight excluding hydrogens is 311 g/mol. The van der Waals surface area contributed by atoms with Crippen molar-refractivity contribution in [3.05, 3.63) is 29.8 Å². The van der Waals surface area contributed by atoms with E-state index in [4.69, 9.17) is 5.11 Å². The van der Waals surface area contributed by atoms with Crippen molar-refractivity contribution in [2.75, 3.05) is 24.5 Å². The number of amides is 2. The Bertz CT molecular complexity index is 549. The summed E-state index contributed by atoms with van der Waals surface area (Å²) in [6.45, 7) is 2.43. The number of nitrogens with zero attached hydrogens (tertiary/aromatic N) is 1. The zero-order chi connectivity index (χ0) is 17.0. The fourth-order valence-electron chi connectivity index (χ4n) is 2.56. The Balaban J connectivity index is 1.97. The highest BCUT2D eigenvalue weighted by atomic mass is 19.4. The Labute approximate surface area is 132 Å². The SMILES string of the molecule is C[C@@H](O)CNC(=O)N[C@H]1CCN(c2ccccc2C(F)(F)F)C1. The fraction of sp³-hybridized carbons (Fsp3) is 0.533. The second-order valence-corrected chi connectivity index (χ2v) is 5.65. The highest BCUT2D eigenvalue weighted by Gasteiger charge is 2.36. The predicted octanol–water partition coefficient (Wildman–Crippen LogP) is 1.96. The average molecular weight is 331 g/mol. The number of hydrogen-bond donors (Lipinski definition) is 3. The van der Waals surface area contributed by atoms with E-state index in [1.807, 2.05) is 0 Å². The monoisotopic (exact) mass is 331 g/mol. The number of alkyl halides is 3. The molecule has 0 radical (unpaired) electrons. The molecular formula is C15H20F3N3O2. The molecule has 1 aliphatic rings. The van der Waals surface area contributed by atoms with Crippen molar-refractivity contribution in [3.63, 3.8) is 0 Å². The second-order valence-electron chi connectivity index (χ2n) is 5.65. The van der Waals surface area contributed by atoms with Gasteiger partial charge in [-0.15, -0.1) is 0 Å². The number of para-hydroxylation sites is 1. The van der Waals surface area contributed by atoms with Crippen LogP contribution >= 0.6 is 0 Å². The van der Waals surface area contributed by atoms with E-state index < -0.39 is 23.9 Å². The third-order valence-corrected chi connectivity index (χ3v) is 3.63. The van der Waals surface area contributed by atoms with Gasteiger partial charge in [-0.05, 0) is 25.5 Å². The Morgan fingerprint density at radius 1 is 1.43 bits per heavy atom. The van der Waals surface area contributed by atoms with Crippen molar-refractivity contribution in [3.8, 4) is 0 Å². The second kappa shape index (κ2) is 7.08. The number of hydrogen-bond acceptors (Lipinski definition) is 3. The molecule has 0 bridgehead atoms. The number of benzene rings is 1. The lowest BCUT2D eigenvalue weighted by Crippen LogP contribution is -2.45. The van der Waals surface area contributed by atoms with Gasteiger partial charge in [0.15, 0.2) is 0 Å². The summed E-state index contributed by atoms with van der Waals surface area (Å²) in [5, 5.41) is 14.3. The van der Waals surface area contributed by atoms with Crippen LogP contribution in [0.25, 0.3) is 0 Å². The number of carbonyl (C=O) groups excluding carboxylic acids is 1. The third-order valence-electron chi connectivity index (χ3n) is 3.63. The summed E-state index contributed by atoms with van der Waals surface area (Å²) in [5.41, 5.74) is -0.534. The Hall–Kier alpha value is -1.96. The molecule has 23 heavy (non-hydrogen) atoms. The summed E-state index contributed by atoms with van der Waals surface area (Å²) in [6.07, 6.45) is -4.50. The normalized spacial score (nSPS) is 19.5. The van der Waals surface area contributed by atoms with Crippen LogP contribution < -0.4 is 15.5 Å². The maximum Gasteiger partial charge on any atom is 0.418 e. The molecule has 2 atom stereocenters. The van der Waals surface area contributed by atoms with Crippen LogP contribution in [-0.2, 0) is 6.18 Å². The van der Waals surface area contributed by atoms with Gasteiger partial charge in [-0.1, -0.05) is 12.1 Å². The van der Waals surface area contributed by atoms with Crippen LogP contribution in [0.4, 0.5) is 23.7 Å². The zero-order valence-corrected chi connectivity index (χ0v) is 12.7. The first-order valence-electron chi connectivity index (χ1n) is 7.41. The standard InChI is InChI=1S/C15H20F3N3O2/c1-10(22)8-19-14(23)20-11-6-7-21(9-11)13-5-3-2-4-12(13)15(16,17)18/h2-5,10-11,22H,6-9H2,1H3,(H2,19,20,23)/t10-,11+/m1/s1. The molecule has 2 amide bonds. The molecule has 0 spiro atoms. The van der Waals surface area contributed by atoms with Gasteiger partial charge in [0.1, 0.15) is 0 Å². The lowest BCUT2D eigenvalue weighted by atomic mass is 10.1. The van der Waals surface area contributed by atoms with Crippen molar-refractivity contribution in [1.82, 2.24) is 10.6 Å². The van der Waals surface area contributed by atoms with Crippen molar-refractivity contribution in [1.29, 1.82) is 0 Å². The molecule has 3 N–H and O–H groups in total. The van der Waals surface area contributed by atoms with Gasteiger partial charge < -0.3 is 20.6 Å². The molecule has 1 saturated heterocycles. The highest BCUT2D eigenvalue weighted by Crippen LogP contribution is 2.37. The molecule has 0 aliphatic carbocycles. The summed E-state index contributed by atoms with van der Waals surface area (Å²) in [7, 11) is 0. The largest absolute Gasteiger partial charge is 0.418 e. The van der Waals surface area contributed by atoms with Gasteiger partial charge in [-0.25, -0.2) is 4.79 Å². The van der Waals surface area contributed by atoms with Gasteiger partial charge in [0.25, 0.3) is 0 Å². The van der Waals surface area contributed by atoms with E-state index in [0.717, 1.165) is 6.07 Å². The minimum atomic E-state index is -4.41. The summed E-state index contributed by atoms with van der Waals surface area (Å²) < 4.78 is 39.2.